The van der Waals surface area contributed by atoms with Gasteiger partial charge in [-0.1, -0.05) is 70.7 Å². The highest BCUT2D eigenvalue weighted by molar-refractivity contribution is 6.03. The van der Waals surface area contributed by atoms with Gasteiger partial charge in [0.05, 0.1) is 31.1 Å². The van der Waals surface area contributed by atoms with Crippen LogP contribution in [0.25, 0.3) is 16.8 Å². The van der Waals surface area contributed by atoms with Gasteiger partial charge in [0, 0.05) is 61.7 Å². The number of imidazole rings is 1. The molecular weight excluding hydrogens is 717 g/mol. The molecule has 4 aliphatic heterocycles. The number of benzene rings is 2. The number of aromatic nitrogens is 2. The van der Waals surface area contributed by atoms with Gasteiger partial charge in [-0.05, 0) is 90.3 Å². The Kier molecular flexibility index (Phi) is 12.3. The maximum atomic E-state index is 14.1. The molecule has 3 saturated heterocycles. The lowest BCUT2D eigenvalue weighted by Crippen LogP contribution is -2.55. The normalized spacial score (nSPS) is 23.4. The van der Waals surface area contributed by atoms with E-state index in [0.717, 1.165) is 64.4 Å². The van der Waals surface area contributed by atoms with Crippen molar-refractivity contribution in [3.05, 3.63) is 83.4 Å². The molecule has 0 radical (unpaired) electrons. The predicted octanol–water partition coefficient (Wildman–Crippen LogP) is 7.25. The molecule has 7 rings (SSSR count). The zero-order chi connectivity index (χ0) is 40.2. The monoisotopic (exact) mass is 772 g/mol. The summed E-state index contributed by atoms with van der Waals surface area (Å²) >= 11 is 0. The topological polar surface area (TPSA) is 129 Å². The van der Waals surface area contributed by atoms with Crippen LogP contribution in [0.2, 0.25) is 0 Å². The smallest absolute Gasteiger partial charge is 0.407 e. The van der Waals surface area contributed by atoms with Gasteiger partial charge in [0.2, 0.25) is 11.8 Å². The third-order valence-electron chi connectivity index (χ3n) is 12.3. The number of carbonyl (C=O) groups is 3. The molecule has 2 N–H and O–H groups in total. The number of likely N-dealkylation sites (tertiary alicyclic amines) is 2. The molecule has 5 heterocycles. The lowest BCUT2D eigenvalue weighted by Gasteiger charge is -2.34. The molecule has 0 bridgehead atoms. The molecule has 300 valence electrons. The van der Waals surface area contributed by atoms with Gasteiger partial charge in [0.25, 0.3) is 0 Å². The number of nitrogens with one attached hydrogen (secondary N) is 2. The van der Waals surface area contributed by atoms with Crippen LogP contribution in [0.5, 0.6) is 0 Å². The third kappa shape index (κ3) is 9.02. The highest BCUT2D eigenvalue weighted by Gasteiger charge is 2.43. The molecule has 11 heteroatoms. The summed E-state index contributed by atoms with van der Waals surface area (Å²) in [7, 11) is 1.32. The zero-order valence-corrected chi connectivity index (χ0v) is 34.1. The van der Waals surface area contributed by atoms with E-state index in [1.54, 1.807) is 0 Å². The molecule has 0 saturated carbocycles. The van der Waals surface area contributed by atoms with Gasteiger partial charge in [-0.25, -0.2) is 9.78 Å². The molecule has 1 aromatic heterocycles. The first-order valence-electron chi connectivity index (χ1n) is 20.6. The van der Waals surface area contributed by atoms with Crippen LogP contribution in [0.1, 0.15) is 95.3 Å². The van der Waals surface area contributed by atoms with E-state index in [0.29, 0.717) is 56.8 Å². The number of allylic oxidation sites excluding steroid dienone is 1. The molecule has 2 aromatic carbocycles. The molecule has 11 nitrogen and oxygen atoms in total. The van der Waals surface area contributed by atoms with Gasteiger partial charge in [-0.2, -0.15) is 0 Å². The number of aromatic amines is 1. The second-order valence-electron chi connectivity index (χ2n) is 16.8. The van der Waals surface area contributed by atoms with Crippen molar-refractivity contribution >= 4 is 29.2 Å². The molecule has 0 unspecified atom stereocenters. The number of hydrogen-bond donors (Lipinski definition) is 2. The minimum atomic E-state index is -0.658. The highest BCUT2D eigenvalue weighted by Crippen LogP contribution is 2.37. The summed E-state index contributed by atoms with van der Waals surface area (Å²) in [6.45, 7) is 13.1. The quantitative estimate of drug-likeness (QED) is 0.221. The molecule has 0 aliphatic carbocycles. The van der Waals surface area contributed by atoms with E-state index in [9.17, 15) is 14.4 Å². The first-order chi connectivity index (χ1) is 27.5. The van der Waals surface area contributed by atoms with Crippen LogP contribution in [0.15, 0.2) is 65.9 Å². The second-order valence-corrected chi connectivity index (χ2v) is 16.8. The fraction of sp³-hybridized carbons (Fsp3) is 0.500. The van der Waals surface area contributed by atoms with E-state index in [-0.39, 0.29) is 35.7 Å². The average molecular weight is 773 g/mol. The first kappa shape index (κ1) is 40.0. The van der Waals surface area contributed by atoms with Gasteiger partial charge >= 0.3 is 6.09 Å². The number of hydrogen-bond acceptors (Lipinski definition) is 7. The largest absolute Gasteiger partial charge is 0.453 e. The van der Waals surface area contributed by atoms with Crippen LogP contribution in [0.4, 0.5) is 4.79 Å². The van der Waals surface area contributed by atoms with Gasteiger partial charge in [-0.15, -0.1) is 0 Å². The fourth-order valence-corrected chi connectivity index (χ4v) is 8.62. The summed E-state index contributed by atoms with van der Waals surface area (Å²) in [5.41, 5.74) is 6.93. The lowest BCUT2D eigenvalue weighted by molar-refractivity contribution is -0.137. The van der Waals surface area contributed by atoms with Crippen LogP contribution >= 0.6 is 0 Å². The van der Waals surface area contributed by atoms with E-state index in [4.69, 9.17) is 19.5 Å². The lowest BCUT2D eigenvalue weighted by atomic mass is 9.90. The summed E-state index contributed by atoms with van der Waals surface area (Å²) in [6, 6.07) is 15.6. The van der Waals surface area contributed by atoms with Gasteiger partial charge in [0.15, 0.2) is 0 Å². The molecule has 0 spiro atoms. The molecule has 57 heavy (non-hydrogen) atoms. The summed E-state index contributed by atoms with van der Waals surface area (Å²) in [5, 5.41) is 2.84. The van der Waals surface area contributed by atoms with E-state index < -0.39 is 12.1 Å². The molecule has 3 fully saturated rings. The Labute approximate surface area is 336 Å². The molecule has 3 amide bonds. The van der Waals surface area contributed by atoms with Gasteiger partial charge in [0.1, 0.15) is 11.9 Å². The van der Waals surface area contributed by atoms with Crippen LogP contribution in [-0.2, 0) is 19.1 Å². The van der Waals surface area contributed by atoms with E-state index >= 15 is 0 Å². The minimum absolute atomic E-state index is 0.00624. The van der Waals surface area contributed by atoms with E-state index in [1.807, 2.05) is 53.4 Å². The number of methoxy groups -OCH3 is 1. The molecule has 3 aromatic rings. The summed E-state index contributed by atoms with van der Waals surface area (Å²) in [5.74, 6) is 8.59. The number of alkyl carbamates (subject to hydrolysis) is 1. The number of amides is 3. The van der Waals surface area contributed by atoms with Crippen molar-refractivity contribution < 1.29 is 23.9 Å². The fourth-order valence-electron chi connectivity index (χ4n) is 8.62. The van der Waals surface area contributed by atoms with Crippen LogP contribution < -0.4 is 5.32 Å². The molecule has 4 aliphatic rings. The Bertz CT molecular complexity index is 2050. The summed E-state index contributed by atoms with van der Waals surface area (Å²) in [4.78, 5) is 56.7. The van der Waals surface area contributed by atoms with E-state index in [2.05, 4.69) is 74.1 Å². The summed E-state index contributed by atoms with van der Waals surface area (Å²) < 4.78 is 10.4. The SMILES string of the molecule is COC(=O)N[C@H](C(=O)N1C[C@@H](C)C[C@H]1C1=NC=C(c2ccc(C#Cc3ccc(-c4cnc([C@@H]5C[C@H](C)CN5C(=O)[C@@H](C)C(C)C)[nH]4)cc3)cc2)C1)C1CCOCC1. The number of carbonyl (C=O) groups excluding carboxylic acids is 3. The predicted molar refractivity (Wildman–Crippen MR) is 221 cm³/mol. The van der Waals surface area contributed by atoms with Crippen LogP contribution in [-0.4, -0.2) is 88.9 Å². The van der Waals surface area contributed by atoms with Crippen molar-refractivity contribution in [2.75, 3.05) is 33.4 Å². The number of aliphatic imine (C=N–C) groups is 1. The van der Waals surface area contributed by atoms with Crippen molar-refractivity contribution in [1.29, 1.82) is 0 Å². The minimum Gasteiger partial charge on any atom is -0.453 e. The number of ether oxygens (including phenoxy) is 2. The van der Waals surface area contributed by atoms with Gasteiger partial charge in [-0.3, -0.25) is 14.6 Å². The Morgan fingerprint density at radius 2 is 1.46 bits per heavy atom. The zero-order valence-electron chi connectivity index (χ0n) is 34.1. The van der Waals surface area contributed by atoms with Crippen molar-refractivity contribution in [2.24, 2.45) is 34.6 Å². The maximum absolute atomic E-state index is 14.1. The standard InChI is InChI=1S/C46H56N6O5/c1-28(2)31(5)44(53)52-27-30(4)22-41(52)43-48-25-39(49-43)35-15-11-33(12-16-35)8-7-32-9-13-34(14-10-32)37-23-38(47-24-37)40-21-29(3)26-51(40)45(54)42(50-46(55)56-6)36-17-19-57-20-18-36/h9-16,24-25,28-31,36,40-42H,17-23,26-27H2,1-6H3,(H,48,49)(H,50,55)/t29-,30-,31-,40-,41-,42-/m0/s1. The van der Waals surface area contributed by atoms with E-state index in [1.165, 1.54) is 7.11 Å². The van der Waals surface area contributed by atoms with Crippen LogP contribution in [0, 0.1) is 41.4 Å². The third-order valence-corrected chi connectivity index (χ3v) is 12.3. The van der Waals surface area contributed by atoms with Gasteiger partial charge < -0.3 is 29.6 Å². The second kappa shape index (κ2) is 17.5. The number of nitrogens with zero attached hydrogens (tertiary/aromatic N) is 4. The first-order valence-corrected chi connectivity index (χ1v) is 20.6. The van der Waals surface area contributed by atoms with Crippen LogP contribution in [0.3, 0.4) is 0 Å². The Morgan fingerprint density at radius 3 is 2.07 bits per heavy atom. The van der Waals surface area contributed by atoms with Crippen molar-refractivity contribution in [3.8, 4) is 23.1 Å². The summed E-state index contributed by atoms with van der Waals surface area (Å²) in [6.07, 6.45) is 7.02. The number of rotatable bonds is 9. The Hall–Kier alpha value is -5.21. The van der Waals surface area contributed by atoms with Crippen molar-refractivity contribution in [2.45, 2.75) is 84.8 Å². The van der Waals surface area contributed by atoms with Crippen molar-refractivity contribution in [3.63, 3.8) is 0 Å². The van der Waals surface area contributed by atoms with Crippen molar-refractivity contribution in [1.82, 2.24) is 25.1 Å². The average Bonchev–Trinajstić information content (AvgIpc) is 4.06. The maximum Gasteiger partial charge on any atom is 0.407 e. The molecular formula is C46H56N6O5. The number of H-pyrrole nitrogens is 1. The Balaban J connectivity index is 0.960. The highest BCUT2D eigenvalue weighted by atomic mass is 16.5. The molecule has 6 atom stereocenters. The Morgan fingerprint density at radius 1 is 0.860 bits per heavy atom.